The van der Waals surface area contributed by atoms with Crippen LogP contribution in [0.25, 0.3) is 0 Å². The molecule has 2 rings (SSSR count). The fraction of sp³-hybridized carbons (Fsp3) is 0.286. The Hall–Kier alpha value is -1.70. The molecule has 0 aliphatic carbocycles. The Morgan fingerprint density at radius 3 is 2.56 bits per heavy atom. The second-order valence-corrected chi connectivity index (χ2v) is 3.93. The van der Waals surface area contributed by atoms with Crippen LogP contribution >= 0.6 is 0 Å². The third-order valence-electron chi connectivity index (χ3n) is 2.67. The van der Waals surface area contributed by atoms with Gasteiger partial charge in [-0.15, -0.1) is 0 Å². The van der Waals surface area contributed by atoms with Gasteiger partial charge in [0.2, 0.25) is 0 Å². The molecule has 0 aliphatic heterocycles. The predicted molar refractivity (Wildman–Crippen MR) is 65.4 cm³/mol. The lowest BCUT2D eigenvalue weighted by Gasteiger charge is -2.05. The summed E-state index contributed by atoms with van der Waals surface area (Å²) in [6, 6.07) is 10.3. The number of hydrogen-bond acceptors (Lipinski definition) is 2. The third kappa shape index (κ3) is 2.45. The summed E-state index contributed by atoms with van der Waals surface area (Å²) in [5.41, 5.74) is 3.59. The van der Waals surface area contributed by atoms with Gasteiger partial charge < -0.3 is 0 Å². The van der Waals surface area contributed by atoms with Crippen molar-refractivity contribution in [1.82, 2.24) is 9.97 Å². The molecule has 2 nitrogen and oxygen atoms in total. The monoisotopic (exact) mass is 212 g/mol. The highest BCUT2D eigenvalue weighted by Crippen LogP contribution is 2.08. The molecule has 82 valence electrons. The highest BCUT2D eigenvalue weighted by Gasteiger charge is 2.02. The first-order valence-corrected chi connectivity index (χ1v) is 5.65. The predicted octanol–water partition coefficient (Wildman–Crippen LogP) is 2.94. The van der Waals surface area contributed by atoms with Gasteiger partial charge in [0.05, 0.1) is 0 Å². The Balaban J connectivity index is 2.22. The molecule has 0 fully saturated rings. The van der Waals surface area contributed by atoms with E-state index >= 15 is 0 Å². The van der Waals surface area contributed by atoms with E-state index in [0.29, 0.717) is 0 Å². The molecule has 0 saturated heterocycles. The lowest BCUT2D eigenvalue weighted by atomic mass is 10.1. The first-order valence-electron chi connectivity index (χ1n) is 5.65. The molecule has 0 amide bonds. The zero-order valence-electron chi connectivity index (χ0n) is 9.77. The molecule has 1 aromatic carbocycles. The summed E-state index contributed by atoms with van der Waals surface area (Å²) in [5.74, 6) is 0.911. The van der Waals surface area contributed by atoms with Gasteiger partial charge in [-0.2, -0.15) is 0 Å². The molecule has 0 aliphatic rings. The van der Waals surface area contributed by atoms with Gasteiger partial charge >= 0.3 is 0 Å². The average molecular weight is 212 g/mol. The van der Waals surface area contributed by atoms with Crippen molar-refractivity contribution in [2.45, 2.75) is 26.7 Å². The lowest BCUT2D eigenvalue weighted by Crippen LogP contribution is -2.01. The number of aromatic nitrogens is 2. The van der Waals surface area contributed by atoms with Gasteiger partial charge in [0.1, 0.15) is 5.82 Å². The summed E-state index contributed by atoms with van der Waals surface area (Å²) in [6.45, 7) is 4.19. The fourth-order valence-electron chi connectivity index (χ4n) is 1.74. The number of rotatable bonds is 3. The van der Waals surface area contributed by atoms with Gasteiger partial charge in [-0.25, -0.2) is 9.97 Å². The van der Waals surface area contributed by atoms with Crippen molar-refractivity contribution in [3.63, 3.8) is 0 Å². The van der Waals surface area contributed by atoms with Crippen molar-refractivity contribution < 1.29 is 0 Å². The molecular weight excluding hydrogens is 196 g/mol. The maximum atomic E-state index is 4.57. The van der Waals surface area contributed by atoms with E-state index in [1.807, 2.05) is 24.4 Å². The van der Waals surface area contributed by atoms with Crippen molar-refractivity contribution in [2.24, 2.45) is 0 Å². The van der Waals surface area contributed by atoms with Crippen LogP contribution in [0.1, 0.15) is 29.6 Å². The smallest absolute Gasteiger partial charge is 0.132 e. The molecule has 0 unspecified atom stereocenters. The van der Waals surface area contributed by atoms with Crippen LogP contribution in [0.4, 0.5) is 0 Å². The average Bonchev–Trinajstić information content (AvgIpc) is 2.33. The first-order chi connectivity index (χ1) is 7.79. The molecule has 0 radical (unpaired) electrons. The minimum Gasteiger partial charge on any atom is -0.241 e. The number of benzene rings is 1. The van der Waals surface area contributed by atoms with Gasteiger partial charge in [0, 0.05) is 18.3 Å². The third-order valence-corrected chi connectivity index (χ3v) is 2.67. The zero-order valence-corrected chi connectivity index (χ0v) is 9.77. The molecule has 0 saturated carbocycles. The fourth-order valence-corrected chi connectivity index (χ4v) is 1.74. The van der Waals surface area contributed by atoms with Gasteiger partial charge in [-0.3, -0.25) is 0 Å². The Kier molecular flexibility index (Phi) is 3.30. The van der Waals surface area contributed by atoms with Crippen molar-refractivity contribution >= 4 is 0 Å². The molecule has 2 aromatic rings. The van der Waals surface area contributed by atoms with Crippen LogP contribution in [0.5, 0.6) is 0 Å². The quantitative estimate of drug-likeness (QED) is 0.781. The summed E-state index contributed by atoms with van der Waals surface area (Å²) >= 11 is 0. The number of nitrogens with zero attached hydrogens (tertiary/aromatic N) is 2. The SMILES string of the molecule is CCc1nc(Cc2ccccc2)ncc1C. The van der Waals surface area contributed by atoms with Gasteiger partial charge in [0.25, 0.3) is 0 Å². The largest absolute Gasteiger partial charge is 0.241 e. The maximum absolute atomic E-state index is 4.57. The van der Waals surface area contributed by atoms with Crippen molar-refractivity contribution in [3.05, 3.63) is 59.2 Å². The number of hydrogen-bond donors (Lipinski definition) is 0. The lowest BCUT2D eigenvalue weighted by molar-refractivity contribution is 0.888. The van der Waals surface area contributed by atoms with Gasteiger partial charge in [-0.1, -0.05) is 37.3 Å². The van der Waals surface area contributed by atoms with Gasteiger partial charge in [0.15, 0.2) is 0 Å². The van der Waals surface area contributed by atoms with Crippen LogP contribution < -0.4 is 0 Å². The molecule has 2 heteroatoms. The second kappa shape index (κ2) is 4.88. The Morgan fingerprint density at radius 2 is 1.88 bits per heavy atom. The van der Waals surface area contributed by atoms with Crippen LogP contribution in [0.15, 0.2) is 36.5 Å². The zero-order chi connectivity index (χ0) is 11.4. The maximum Gasteiger partial charge on any atom is 0.132 e. The van der Waals surface area contributed by atoms with Crippen LogP contribution in [-0.2, 0) is 12.8 Å². The topological polar surface area (TPSA) is 25.8 Å². The molecule has 1 aromatic heterocycles. The van der Waals surface area contributed by atoms with E-state index in [4.69, 9.17) is 0 Å². The van der Waals surface area contributed by atoms with Crippen molar-refractivity contribution in [1.29, 1.82) is 0 Å². The Labute approximate surface area is 96.4 Å². The summed E-state index contributed by atoms with van der Waals surface area (Å²) in [5, 5.41) is 0. The van der Waals surface area contributed by atoms with Crippen LogP contribution in [0, 0.1) is 6.92 Å². The normalized spacial score (nSPS) is 10.4. The van der Waals surface area contributed by atoms with E-state index in [1.54, 1.807) is 0 Å². The highest BCUT2D eigenvalue weighted by atomic mass is 14.9. The number of aryl methyl sites for hydroxylation is 2. The molecule has 0 N–H and O–H groups in total. The molecule has 0 spiro atoms. The van der Waals surface area contributed by atoms with Crippen LogP contribution in [0.3, 0.4) is 0 Å². The van der Waals surface area contributed by atoms with E-state index in [2.05, 4.69) is 35.9 Å². The van der Waals surface area contributed by atoms with Gasteiger partial charge in [-0.05, 0) is 24.5 Å². The highest BCUT2D eigenvalue weighted by molar-refractivity contribution is 5.21. The second-order valence-electron chi connectivity index (χ2n) is 3.93. The molecule has 1 heterocycles. The van der Waals surface area contributed by atoms with E-state index in [-0.39, 0.29) is 0 Å². The summed E-state index contributed by atoms with van der Waals surface area (Å²) in [4.78, 5) is 8.95. The van der Waals surface area contributed by atoms with Crippen molar-refractivity contribution in [2.75, 3.05) is 0 Å². The van der Waals surface area contributed by atoms with Crippen LogP contribution in [-0.4, -0.2) is 9.97 Å². The van der Waals surface area contributed by atoms with E-state index in [0.717, 1.165) is 24.4 Å². The Bertz CT molecular complexity index is 463. The summed E-state index contributed by atoms with van der Waals surface area (Å²) in [6.07, 6.45) is 3.70. The minimum absolute atomic E-state index is 0.814. The first kappa shape index (κ1) is 10.8. The van der Waals surface area contributed by atoms with E-state index < -0.39 is 0 Å². The van der Waals surface area contributed by atoms with E-state index in [9.17, 15) is 0 Å². The van der Waals surface area contributed by atoms with E-state index in [1.165, 1.54) is 11.1 Å². The van der Waals surface area contributed by atoms with Crippen molar-refractivity contribution in [3.8, 4) is 0 Å². The summed E-state index contributed by atoms with van der Waals surface area (Å²) < 4.78 is 0. The minimum atomic E-state index is 0.814. The molecule has 0 bridgehead atoms. The molecule has 0 atom stereocenters. The Morgan fingerprint density at radius 1 is 1.12 bits per heavy atom. The summed E-state index contributed by atoms with van der Waals surface area (Å²) in [7, 11) is 0. The molecule has 16 heavy (non-hydrogen) atoms. The standard InChI is InChI=1S/C14H16N2/c1-3-13-11(2)10-15-14(16-13)9-12-7-5-4-6-8-12/h4-8,10H,3,9H2,1-2H3. The molecular formula is C14H16N2. The van der Waals surface area contributed by atoms with Crippen LogP contribution in [0.2, 0.25) is 0 Å².